The minimum Gasteiger partial charge on any atom is -0.347 e. The molecule has 40 heavy (non-hydrogen) atoms. The van der Waals surface area contributed by atoms with Crippen molar-refractivity contribution in [2.45, 2.75) is 48.7 Å². The second-order valence-electron chi connectivity index (χ2n) is 10.7. The van der Waals surface area contributed by atoms with Crippen LogP contribution in [0.1, 0.15) is 42.5 Å². The molecule has 3 aromatic rings. The molecule has 1 N–H and O–H groups in total. The zero-order valence-corrected chi connectivity index (χ0v) is 23.2. The van der Waals surface area contributed by atoms with E-state index in [1.54, 1.807) is 49.3 Å². The highest BCUT2D eigenvalue weighted by Gasteiger charge is 2.47. The van der Waals surface area contributed by atoms with Crippen molar-refractivity contribution in [1.82, 2.24) is 15.3 Å². The van der Waals surface area contributed by atoms with Crippen molar-refractivity contribution in [2.75, 3.05) is 36.7 Å². The SMILES string of the molecule is CN(C)c1ncc(-c2ccc3c(c2)C2(CCCC2)CN3C(=O)NCc2ccc(S(C)(=O)=O)cc2)c(C(F)(F)F)n1. The summed E-state index contributed by atoms with van der Waals surface area (Å²) in [4.78, 5) is 24.5. The number of hydrogen-bond donors (Lipinski definition) is 1. The van der Waals surface area contributed by atoms with E-state index in [-0.39, 0.29) is 34.4 Å². The topological polar surface area (TPSA) is 95.5 Å². The lowest BCUT2D eigenvalue weighted by molar-refractivity contribution is -0.140. The van der Waals surface area contributed by atoms with Gasteiger partial charge in [-0.05, 0) is 53.8 Å². The molecule has 212 valence electrons. The van der Waals surface area contributed by atoms with Crippen molar-refractivity contribution >= 4 is 27.5 Å². The third-order valence-corrected chi connectivity index (χ3v) is 8.80. The summed E-state index contributed by atoms with van der Waals surface area (Å²) >= 11 is 0. The first-order valence-corrected chi connectivity index (χ1v) is 14.8. The van der Waals surface area contributed by atoms with Gasteiger partial charge in [-0.15, -0.1) is 0 Å². The van der Waals surface area contributed by atoms with Gasteiger partial charge in [-0.1, -0.05) is 31.0 Å². The lowest BCUT2D eigenvalue weighted by Crippen LogP contribution is -2.41. The van der Waals surface area contributed by atoms with E-state index in [9.17, 15) is 26.4 Å². The van der Waals surface area contributed by atoms with Crippen molar-refractivity contribution in [3.63, 3.8) is 0 Å². The van der Waals surface area contributed by atoms with Crippen LogP contribution in [0.15, 0.2) is 53.6 Å². The number of urea groups is 1. The number of anilines is 2. The van der Waals surface area contributed by atoms with E-state index in [4.69, 9.17) is 0 Å². The van der Waals surface area contributed by atoms with Crippen LogP contribution in [-0.4, -0.2) is 51.3 Å². The van der Waals surface area contributed by atoms with Crippen molar-refractivity contribution in [3.05, 3.63) is 65.5 Å². The standard InChI is InChI=1S/C28H30F3N5O3S/c1-35(2)25-32-16-21(24(34-25)28(29,30)31)19-8-11-23-22(14-19)27(12-4-5-13-27)17-36(23)26(37)33-15-18-6-9-20(10-7-18)40(3,38)39/h6-11,14,16H,4-5,12-13,15,17H2,1-3H3,(H,33,37). The Labute approximate surface area is 231 Å². The van der Waals surface area contributed by atoms with Gasteiger partial charge in [0.2, 0.25) is 5.95 Å². The maximum absolute atomic E-state index is 14.0. The monoisotopic (exact) mass is 573 g/mol. The van der Waals surface area contributed by atoms with Crippen LogP contribution in [0.4, 0.5) is 29.6 Å². The molecule has 0 saturated heterocycles. The molecule has 0 atom stereocenters. The molecule has 1 saturated carbocycles. The number of hydrogen-bond acceptors (Lipinski definition) is 6. The first kappa shape index (κ1) is 27.9. The number of nitrogens with zero attached hydrogens (tertiary/aromatic N) is 4. The second-order valence-corrected chi connectivity index (χ2v) is 12.7. The summed E-state index contributed by atoms with van der Waals surface area (Å²) in [5, 5.41) is 2.90. The molecule has 2 amide bonds. The normalized spacial score (nSPS) is 16.3. The number of sulfone groups is 1. The van der Waals surface area contributed by atoms with Crippen LogP contribution in [0.5, 0.6) is 0 Å². The van der Waals surface area contributed by atoms with Crippen LogP contribution in [0.2, 0.25) is 0 Å². The first-order valence-electron chi connectivity index (χ1n) is 12.9. The van der Waals surface area contributed by atoms with E-state index >= 15 is 0 Å². The largest absolute Gasteiger partial charge is 0.434 e. The molecule has 1 aliphatic heterocycles. The smallest absolute Gasteiger partial charge is 0.347 e. The number of amides is 2. The molecule has 2 aliphatic rings. The molecule has 0 bridgehead atoms. The highest BCUT2D eigenvalue weighted by Crippen LogP contribution is 2.51. The number of fused-ring (bicyclic) bond motifs is 2. The molecular formula is C28H30F3N5O3S. The molecule has 2 aromatic carbocycles. The fourth-order valence-corrected chi connectivity index (χ4v) is 6.27. The minimum atomic E-state index is -4.67. The number of rotatable bonds is 5. The van der Waals surface area contributed by atoms with Crippen LogP contribution >= 0.6 is 0 Å². The molecule has 1 aliphatic carbocycles. The Kier molecular flexibility index (Phi) is 7.01. The highest BCUT2D eigenvalue weighted by atomic mass is 32.2. The summed E-state index contributed by atoms with van der Waals surface area (Å²) in [6, 6.07) is 11.0. The summed E-state index contributed by atoms with van der Waals surface area (Å²) in [5.41, 5.74) is 1.20. The molecule has 12 heteroatoms. The van der Waals surface area contributed by atoms with Gasteiger partial charge < -0.3 is 10.2 Å². The molecule has 1 spiro atoms. The average molecular weight is 574 g/mol. The number of benzene rings is 2. The van der Waals surface area contributed by atoms with Crippen LogP contribution in [0.25, 0.3) is 11.1 Å². The second kappa shape index (κ2) is 10.1. The first-order chi connectivity index (χ1) is 18.8. The fraction of sp³-hybridized carbons (Fsp3) is 0.393. The summed E-state index contributed by atoms with van der Waals surface area (Å²) in [7, 11) is -0.155. The summed E-state index contributed by atoms with van der Waals surface area (Å²) < 4.78 is 65.5. The van der Waals surface area contributed by atoms with Gasteiger partial charge in [-0.2, -0.15) is 13.2 Å². The van der Waals surface area contributed by atoms with Gasteiger partial charge in [0.05, 0.1) is 4.90 Å². The highest BCUT2D eigenvalue weighted by molar-refractivity contribution is 7.90. The predicted octanol–water partition coefficient (Wildman–Crippen LogP) is 5.17. The molecule has 1 fully saturated rings. The number of carbonyl (C=O) groups is 1. The molecule has 0 unspecified atom stereocenters. The Balaban J connectivity index is 1.45. The van der Waals surface area contributed by atoms with Gasteiger partial charge >= 0.3 is 12.2 Å². The van der Waals surface area contributed by atoms with Gasteiger partial charge in [0, 0.05) is 56.3 Å². The summed E-state index contributed by atoms with van der Waals surface area (Å²) in [6.07, 6.45) is 1.29. The maximum Gasteiger partial charge on any atom is 0.434 e. The number of carbonyl (C=O) groups excluding carboxylic acids is 1. The molecule has 0 radical (unpaired) electrons. The summed E-state index contributed by atoms with van der Waals surface area (Å²) in [6.45, 7) is 0.636. The zero-order valence-electron chi connectivity index (χ0n) is 22.4. The van der Waals surface area contributed by atoms with Crippen LogP contribution in [0, 0.1) is 0 Å². The molecule has 1 aromatic heterocycles. The summed E-state index contributed by atoms with van der Waals surface area (Å²) in [5.74, 6) is -0.0293. The van der Waals surface area contributed by atoms with E-state index in [2.05, 4.69) is 15.3 Å². The van der Waals surface area contributed by atoms with Gasteiger partial charge in [0.15, 0.2) is 15.5 Å². The zero-order chi connectivity index (χ0) is 28.9. The van der Waals surface area contributed by atoms with Gasteiger partial charge in [-0.25, -0.2) is 23.2 Å². The Morgan fingerprint density at radius 1 is 1.10 bits per heavy atom. The van der Waals surface area contributed by atoms with Crippen molar-refractivity contribution < 1.29 is 26.4 Å². The quantitative estimate of drug-likeness (QED) is 0.453. The van der Waals surface area contributed by atoms with Gasteiger partial charge in [0.1, 0.15) is 0 Å². The number of alkyl halides is 3. The molecule has 8 nitrogen and oxygen atoms in total. The minimum absolute atomic E-state index is 0.0293. The number of nitrogens with one attached hydrogen (secondary N) is 1. The lowest BCUT2D eigenvalue weighted by atomic mass is 9.80. The Morgan fingerprint density at radius 2 is 1.77 bits per heavy atom. The molecule has 5 rings (SSSR count). The maximum atomic E-state index is 14.0. The Hall–Kier alpha value is -3.67. The van der Waals surface area contributed by atoms with E-state index in [0.29, 0.717) is 17.8 Å². The number of halogens is 3. The van der Waals surface area contributed by atoms with E-state index in [1.165, 1.54) is 23.2 Å². The average Bonchev–Trinajstić information content (AvgIpc) is 3.51. The molecular weight excluding hydrogens is 543 g/mol. The van der Waals surface area contributed by atoms with Crippen LogP contribution in [-0.2, 0) is 28.0 Å². The lowest BCUT2D eigenvalue weighted by Gasteiger charge is -2.25. The van der Waals surface area contributed by atoms with Gasteiger partial charge in [0.25, 0.3) is 0 Å². The van der Waals surface area contributed by atoms with Crippen molar-refractivity contribution in [1.29, 1.82) is 0 Å². The van der Waals surface area contributed by atoms with Crippen LogP contribution < -0.4 is 15.1 Å². The van der Waals surface area contributed by atoms with E-state index in [1.807, 2.05) is 0 Å². The van der Waals surface area contributed by atoms with Gasteiger partial charge in [-0.3, -0.25) is 4.90 Å². The number of aromatic nitrogens is 2. The third-order valence-electron chi connectivity index (χ3n) is 7.68. The predicted molar refractivity (Wildman–Crippen MR) is 146 cm³/mol. The van der Waals surface area contributed by atoms with Crippen molar-refractivity contribution in [3.8, 4) is 11.1 Å². The Bertz CT molecular complexity index is 1550. The third kappa shape index (κ3) is 5.24. The van der Waals surface area contributed by atoms with Crippen LogP contribution in [0.3, 0.4) is 0 Å². The van der Waals surface area contributed by atoms with Crippen molar-refractivity contribution in [2.24, 2.45) is 0 Å². The fourth-order valence-electron chi connectivity index (χ4n) is 5.64. The van der Waals surface area contributed by atoms with E-state index < -0.39 is 21.7 Å². The van der Waals surface area contributed by atoms with E-state index in [0.717, 1.165) is 43.1 Å². The Morgan fingerprint density at radius 3 is 2.38 bits per heavy atom. The molecule has 2 heterocycles.